The van der Waals surface area contributed by atoms with Gasteiger partial charge in [0.05, 0.1) is 20.4 Å². The lowest BCUT2D eigenvalue weighted by molar-refractivity contribution is -0.384. The van der Waals surface area contributed by atoms with Crippen LogP contribution in [0, 0.1) is 10.1 Å². The minimum absolute atomic E-state index is 0.0773. The van der Waals surface area contributed by atoms with E-state index >= 15 is 0 Å². The van der Waals surface area contributed by atoms with Crippen molar-refractivity contribution in [2.24, 2.45) is 0 Å². The van der Waals surface area contributed by atoms with E-state index in [-0.39, 0.29) is 21.2 Å². The Hall–Kier alpha value is -1.73. The molecule has 0 N–H and O–H groups in total. The van der Waals surface area contributed by atoms with Crippen LogP contribution >= 0.6 is 15.9 Å². The van der Waals surface area contributed by atoms with E-state index < -0.39 is 14.8 Å². The average Bonchev–Trinajstić information content (AvgIpc) is 2.48. The molecule has 2 rings (SSSR count). The van der Waals surface area contributed by atoms with Crippen molar-refractivity contribution in [3.8, 4) is 0 Å². The first-order valence-electron chi connectivity index (χ1n) is 6.06. The van der Waals surface area contributed by atoms with E-state index in [9.17, 15) is 18.5 Å². The Morgan fingerprint density at radius 1 is 1.05 bits per heavy atom. The average molecular weight is 370 g/mol. The van der Waals surface area contributed by atoms with E-state index in [0.29, 0.717) is 0 Å². The van der Waals surface area contributed by atoms with Crippen LogP contribution in [0.2, 0.25) is 0 Å². The highest BCUT2D eigenvalue weighted by Crippen LogP contribution is 2.27. The predicted molar refractivity (Wildman–Crippen MR) is 83.3 cm³/mol. The fourth-order valence-electron chi connectivity index (χ4n) is 1.82. The lowest BCUT2D eigenvalue weighted by Crippen LogP contribution is -2.11. The number of benzene rings is 2. The molecule has 0 radical (unpaired) electrons. The van der Waals surface area contributed by atoms with Gasteiger partial charge in [0.25, 0.3) is 5.69 Å². The molecule has 2 aromatic carbocycles. The number of hydrogen-bond acceptors (Lipinski definition) is 4. The van der Waals surface area contributed by atoms with E-state index in [1.807, 2.05) is 30.3 Å². The molecular formula is C14H12BrNO4S. The van der Waals surface area contributed by atoms with E-state index in [4.69, 9.17) is 0 Å². The lowest BCUT2D eigenvalue weighted by atomic mass is 10.2. The zero-order valence-electron chi connectivity index (χ0n) is 10.8. The third kappa shape index (κ3) is 3.89. The first-order chi connectivity index (χ1) is 9.90. The third-order valence-electron chi connectivity index (χ3n) is 2.93. The van der Waals surface area contributed by atoms with Crippen LogP contribution < -0.4 is 0 Å². The Morgan fingerprint density at radius 3 is 2.14 bits per heavy atom. The van der Waals surface area contributed by atoms with Gasteiger partial charge in [0.15, 0.2) is 9.84 Å². The minimum atomic E-state index is -3.52. The second kappa shape index (κ2) is 6.36. The molecule has 0 aromatic heterocycles. The molecule has 0 aliphatic heterocycles. The number of alkyl halides is 1. The van der Waals surface area contributed by atoms with Gasteiger partial charge in [-0.1, -0.05) is 46.3 Å². The fourth-order valence-corrected chi connectivity index (χ4v) is 4.49. The molecule has 0 unspecified atom stereocenters. The number of hydrogen-bond donors (Lipinski definition) is 0. The van der Waals surface area contributed by atoms with Gasteiger partial charge in [-0.2, -0.15) is 0 Å². The third-order valence-corrected chi connectivity index (χ3v) is 5.98. The van der Waals surface area contributed by atoms with Crippen molar-refractivity contribution in [3.05, 3.63) is 70.3 Å². The number of non-ortho nitro benzene ring substituents is 1. The summed E-state index contributed by atoms with van der Waals surface area (Å²) in [4.78, 5) is 9.75. The summed E-state index contributed by atoms with van der Waals surface area (Å²) >= 11 is 3.37. The minimum Gasteiger partial charge on any atom is -0.258 e. The predicted octanol–water partition coefficient (Wildman–Crippen LogP) is 3.50. The van der Waals surface area contributed by atoms with Crippen molar-refractivity contribution in [3.63, 3.8) is 0 Å². The zero-order valence-corrected chi connectivity index (χ0v) is 13.2. The summed E-state index contributed by atoms with van der Waals surface area (Å²) < 4.78 is 24.6. The van der Waals surface area contributed by atoms with Crippen molar-refractivity contribution in [1.82, 2.24) is 0 Å². The van der Waals surface area contributed by atoms with Gasteiger partial charge in [-0.3, -0.25) is 10.1 Å². The van der Waals surface area contributed by atoms with Crippen LogP contribution in [-0.2, 0) is 9.84 Å². The summed E-state index contributed by atoms with van der Waals surface area (Å²) in [7, 11) is -3.52. The molecule has 21 heavy (non-hydrogen) atoms. The number of nitro groups is 1. The van der Waals surface area contributed by atoms with Crippen molar-refractivity contribution < 1.29 is 13.3 Å². The molecule has 1 atom stereocenters. The second-order valence-electron chi connectivity index (χ2n) is 4.41. The second-order valence-corrected chi connectivity index (χ2v) is 7.55. The maximum Gasteiger partial charge on any atom is 0.269 e. The Balaban J connectivity index is 2.20. The zero-order chi connectivity index (χ0) is 15.5. The number of rotatable bonds is 5. The molecule has 0 aliphatic carbocycles. The summed E-state index contributed by atoms with van der Waals surface area (Å²) in [6.45, 7) is 0. The van der Waals surface area contributed by atoms with Crippen LogP contribution in [0.15, 0.2) is 59.5 Å². The van der Waals surface area contributed by atoms with E-state index in [1.54, 1.807) is 0 Å². The van der Waals surface area contributed by atoms with Crippen molar-refractivity contribution in [2.45, 2.75) is 9.72 Å². The number of nitro benzene ring substituents is 1. The van der Waals surface area contributed by atoms with Gasteiger partial charge in [0.2, 0.25) is 0 Å². The van der Waals surface area contributed by atoms with Crippen molar-refractivity contribution in [2.75, 3.05) is 5.75 Å². The molecule has 0 heterocycles. The molecule has 0 aliphatic rings. The van der Waals surface area contributed by atoms with Gasteiger partial charge in [0, 0.05) is 12.1 Å². The van der Waals surface area contributed by atoms with Crippen molar-refractivity contribution >= 4 is 31.5 Å². The molecule has 0 amide bonds. The van der Waals surface area contributed by atoms with Gasteiger partial charge < -0.3 is 0 Å². The molecule has 2 aromatic rings. The molecule has 0 saturated heterocycles. The Labute approximate surface area is 130 Å². The van der Waals surface area contributed by atoms with E-state index in [2.05, 4.69) is 15.9 Å². The maximum absolute atomic E-state index is 12.3. The summed E-state index contributed by atoms with van der Waals surface area (Å²) in [6.07, 6.45) is 0. The number of halogens is 1. The van der Waals surface area contributed by atoms with E-state index in [1.165, 1.54) is 24.3 Å². The fraction of sp³-hybridized carbons (Fsp3) is 0.143. The standard InChI is InChI=1S/C14H12BrNO4S/c15-14(11-4-2-1-3-5-11)10-21(19,20)13-8-6-12(7-9-13)16(17)18/h1-9,14H,10H2/t14-/m0/s1. The van der Waals surface area contributed by atoms with Crippen LogP contribution in [-0.4, -0.2) is 19.1 Å². The van der Waals surface area contributed by atoms with Gasteiger partial charge >= 0.3 is 0 Å². The Kier molecular flexibility index (Phi) is 4.74. The number of sulfone groups is 1. The smallest absolute Gasteiger partial charge is 0.258 e. The summed E-state index contributed by atoms with van der Waals surface area (Å²) in [5, 5.41) is 10.6. The normalized spacial score (nSPS) is 12.8. The molecule has 0 fully saturated rings. The quantitative estimate of drug-likeness (QED) is 0.459. The summed E-state index contributed by atoms with van der Waals surface area (Å²) in [5.74, 6) is -0.116. The molecule has 5 nitrogen and oxygen atoms in total. The molecule has 0 bridgehead atoms. The summed E-state index contributed by atoms with van der Waals surface area (Å²) in [5.41, 5.74) is 0.732. The highest BCUT2D eigenvalue weighted by Gasteiger charge is 2.21. The van der Waals surface area contributed by atoms with Gasteiger partial charge in [-0.25, -0.2) is 8.42 Å². The van der Waals surface area contributed by atoms with Gasteiger partial charge in [-0.05, 0) is 17.7 Å². The molecule has 0 saturated carbocycles. The van der Waals surface area contributed by atoms with Crippen LogP contribution in [0.1, 0.15) is 10.4 Å². The number of nitrogens with zero attached hydrogens (tertiary/aromatic N) is 1. The molecule has 0 spiro atoms. The monoisotopic (exact) mass is 369 g/mol. The highest BCUT2D eigenvalue weighted by molar-refractivity contribution is 9.09. The SMILES string of the molecule is O=[N+]([O-])c1ccc(S(=O)(=O)C[C@H](Br)c2ccccc2)cc1. The Bertz CT molecular complexity index is 729. The Morgan fingerprint density at radius 2 is 1.62 bits per heavy atom. The molecule has 110 valence electrons. The van der Waals surface area contributed by atoms with Crippen LogP contribution in [0.5, 0.6) is 0 Å². The van der Waals surface area contributed by atoms with Crippen LogP contribution in [0.4, 0.5) is 5.69 Å². The first-order valence-corrected chi connectivity index (χ1v) is 8.63. The lowest BCUT2D eigenvalue weighted by Gasteiger charge is -2.11. The van der Waals surface area contributed by atoms with Crippen molar-refractivity contribution in [1.29, 1.82) is 0 Å². The summed E-state index contributed by atoms with van der Waals surface area (Å²) in [6, 6.07) is 14.1. The molecular weight excluding hydrogens is 358 g/mol. The molecule has 7 heteroatoms. The van der Waals surface area contributed by atoms with Crippen LogP contribution in [0.25, 0.3) is 0 Å². The topological polar surface area (TPSA) is 77.3 Å². The van der Waals surface area contributed by atoms with Crippen LogP contribution in [0.3, 0.4) is 0 Å². The first kappa shape index (κ1) is 15.7. The highest BCUT2D eigenvalue weighted by atomic mass is 79.9. The van der Waals surface area contributed by atoms with Gasteiger partial charge in [0.1, 0.15) is 0 Å². The maximum atomic E-state index is 12.3. The van der Waals surface area contributed by atoms with E-state index in [0.717, 1.165) is 5.56 Å². The van der Waals surface area contributed by atoms with Gasteiger partial charge in [-0.15, -0.1) is 0 Å². The largest absolute Gasteiger partial charge is 0.269 e.